The van der Waals surface area contributed by atoms with Crippen LogP contribution in [0.15, 0.2) is 41.1 Å². The van der Waals surface area contributed by atoms with Gasteiger partial charge in [-0.1, -0.05) is 17.3 Å². The van der Waals surface area contributed by atoms with Gasteiger partial charge in [-0.15, -0.1) is 0 Å². The number of hydrogen-bond donors (Lipinski definition) is 1. The van der Waals surface area contributed by atoms with Crippen LogP contribution in [0, 0.1) is 0 Å². The van der Waals surface area contributed by atoms with Crippen molar-refractivity contribution in [1.29, 1.82) is 0 Å². The third kappa shape index (κ3) is 1.23. The monoisotopic (exact) mass is 200 g/mol. The van der Waals surface area contributed by atoms with Crippen LogP contribution in [0.4, 0.5) is 5.69 Å². The number of aromatic nitrogens is 1. The fourth-order valence-corrected chi connectivity index (χ4v) is 2.07. The number of benzene rings is 1. The van der Waals surface area contributed by atoms with Gasteiger partial charge in [-0.2, -0.15) is 0 Å². The summed E-state index contributed by atoms with van der Waals surface area (Å²) in [4.78, 5) is 0. The predicted molar refractivity (Wildman–Crippen MR) is 57.4 cm³/mol. The topological polar surface area (TPSA) is 52.0 Å². The van der Waals surface area contributed by atoms with E-state index in [0.29, 0.717) is 0 Å². The first-order valence-electron chi connectivity index (χ1n) is 5.08. The Hall–Kier alpha value is -1.77. The van der Waals surface area contributed by atoms with E-state index in [2.05, 4.69) is 17.3 Å². The normalized spacial score (nSPS) is 17.6. The lowest BCUT2D eigenvalue weighted by atomic mass is 9.93. The summed E-state index contributed by atoms with van der Waals surface area (Å²) in [5.74, 6) is 0.965. The van der Waals surface area contributed by atoms with Gasteiger partial charge >= 0.3 is 0 Å². The maximum atomic E-state index is 5.67. The zero-order valence-corrected chi connectivity index (χ0v) is 8.31. The van der Waals surface area contributed by atoms with Crippen molar-refractivity contribution in [2.24, 2.45) is 0 Å². The minimum atomic E-state index is 0.0736. The van der Waals surface area contributed by atoms with Crippen LogP contribution in [0.3, 0.4) is 0 Å². The molecule has 1 fully saturated rings. The third-order valence-electron chi connectivity index (χ3n) is 3.12. The third-order valence-corrected chi connectivity index (χ3v) is 3.12. The molecule has 3 rings (SSSR count). The Morgan fingerprint density at radius 2 is 1.87 bits per heavy atom. The second kappa shape index (κ2) is 2.86. The van der Waals surface area contributed by atoms with Gasteiger partial charge in [0.05, 0.1) is 11.6 Å². The van der Waals surface area contributed by atoms with Crippen molar-refractivity contribution in [3.05, 3.63) is 47.9 Å². The molecule has 1 aliphatic carbocycles. The fraction of sp³-hybridized carbons (Fsp3) is 0.250. The number of rotatable bonds is 2. The predicted octanol–water partition coefficient (Wildman–Crippen LogP) is 2.34. The summed E-state index contributed by atoms with van der Waals surface area (Å²) < 4.78 is 5.26. The highest BCUT2D eigenvalue weighted by Gasteiger charge is 2.48. The maximum Gasteiger partial charge on any atom is 0.147 e. The van der Waals surface area contributed by atoms with Crippen LogP contribution in [-0.4, -0.2) is 5.16 Å². The second-order valence-electron chi connectivity index (χ2n) is 4.08. The fourth-order valence-electron chi connectivity index (χ4n) is 2.07. The molecule has 3 heteroatoms. The van der Waals surface area contributed by atoms with Crippen molar-refractivity contribution >= 4 is 5.69 Å². The molecular formula is C12H12N2O. The van der Waals surface area contributed by atoms with Gasteiger partial charge in [-0.3, -0.25) is 0 Å². The highest BCUT2D eigenvalue weighted by atomic mass is 16.5. The van der Waals surface area contributed by atoms with Crippen molar-refractivity contribution in [3.63, 3.8) is 0 Å². The first-order chi connectivity index (χ1) is 7.31. The number of nitrogen functional groups attached to an aromatic ring is 1. The van der Waals surface area contributed by atoms with Crippen LogP contribution in [-0.2, 0) is 5.41 Å². The summed E-state index contributed by atoms with van der Waals surface area (Å²) in [7, 11) is 0. The quantitative estimate of drug-likeness (QED) is 0.757. The summed E-state index contributed by atoms with van der Waals surface area (Å²) >= 11 is 0. The molecule has 2 N–H and O–H groups in total. The van der Waals surface area contributed by atoms with Crippen LogP contribution in [0.1, 0.15) is 24.2 Å². The van der Waals surface area contributed by atoms with Crippen LogP contribution in [0.5, 0.6) is 0 Å². The van der Waals surface area contributed by atoms with Crippen LogP contribution in [0.2, 0.25) is 0 Å². The summed E-state index contributed by atoms with van der Waals surface area (Å²) in [6, 6.07) is 9.97. The van der Waals surface area contributed by atoms with E-state index >= 15 is 0 Å². The smallest absolute Gasteiger partial charge is 0.147 e. The minimum Gasteiger partial charge on any atom is -0.399 e. The van der Waals surface area contributed by atoms with Gasteiger partial charge in [0, 0.05) is 11.8 Å². The molecule has 0 amide bonds. The summed E-state index contributed by atoms with van der Waals surface area (Å²) in [6.07, 6.45) is 3.96. The van der Waals surface area contributed by atoms with Crippen LogP contribution < -0.4 is 5.73 Å². The van der Waals surface area contributed by atoms with Crippen molar-refractivity contribution in [1.82, 2.24) is 5.16 Å². The number of anilines is 1. The van der Waals surface area contributed by atoms with E-state index in [4.69, 9.17) is 10.3 Å². The van der Waals surface area contributed by atoms with E-state index in [9.17, 15) is 0 Å². The average Bonchev–Trinajstić information content (AvgIpc) is 2.88. The molecule has 1 aromatic carbocycles. The molecule has 1 saturated carbocycles. The molecule has 0 unspecified atom stereocenters. The van der Waals surface area contributed by atoms with Crippen molar-refractivity contribution in [2.75, 3.05) is 5.73 Å². The zero-order valence-electron chi connectivity index (χ0n) is 8.31. The number of nitrogens with two attached hydrogens (primary N) is 1. The van der Waals surface area contributed by atoms with Gasteiger partial charge < -0.3 is 10.3 Å². The molecule has 1 heterocycles. The lowest BCUT2D eigenvalue weighted by Crippen LogP contribution is -2.07. The molecule has 0 radical (unpaired) electrons. The van der Waals surface area contributed by atoms with Crippen molar-refractivity contribution in [3.8, 4) is 0 Å². The molecule has 0 saturated heterocycles. The molecule has 0 atom stereocenters. The van der Waals surface area contributed by atoms with E-state index in [1.54, 1.807) is 6.20 Å². The molecule has 15 heavy (non-hydrogen) atoms. The van der Waals surface area contributed by atoms with Gasteiger partial charge in [-0.25, -0.2) is 0 Å². The lowest BCUT2D eigenvalue weighted by molar-refractivity contribution is 0.366. The highest BCUT2D eigenvalue weighted by Crippen LogP contribution is 2.53. The maximum absolute atomic E-state index is 5.67. The van der Waals surface area contributed by atoms with Crippen molar-refractivity contribution in [2.45, 2.75) is 18.3 Å². The molecule has 0 bridgehead atoms. The van der Waals surface area contributed by atoms with Crippen LogP contribution in [0.25, 0.3) is 0 Å². The molecule has 3 nitrogen and oxygen atoms in total. The molecule has 0 aliphatic heterocycles. The Bertz CT molecular complexity index is 455. The molecule has 0 spiro atoms. The minimum absolute atomic E-state index is 0.0736. The Morgan fingerprint density at radius 3 is 2.40 bits per heavy atom. The zero-order chi connectivity index (χ0) is 10.3. The highest BCUT2D eigenvalue weighted by molar-refractivity contribution is 5.46. The first-order valence-corrected chi connectivity index (χ1v) is 5.08. The van der Waals surface area contributed by atoms with E-state index in [0.717, 1.165) is 24.3 Å². The molecule has 76 valence electrons. The Morgan fingerprint density at radius 1 is 1.13 bits per heavy atom. The Labute approximate surface area is 87.9 Å². The van der Waals surface area contributed by atoms with E-state index in [1.807, 2.05) is 18.2 Å². The molecule has 1 aromatic heterocycles. The summed E-state index contributed by atoms with van der Waals surface area (Å²) in [6.45, 7) is 0. The second-order valence-corrected chi connectivity index (χ2v) is 4.08. The van der Waals surface area contributed by atoms with E-state index in [1.165, 1.54) is 5.56 Å². The number of nitrogens with zero attached hydrogens (tertiary/aromatic N) is 1. The molecular weight excluding hydrogens is 188 g/mol. The largest absolute Gasteiger partial charge is 0.399 e. The lowest BCUT2D eigenvalue weighted by Gasteiger charge is -2.11. The van der Waals surface area contributed by atoms with Crippen LogP contribution >= 0.6 is 0 Å². The average molecular weight is 200 g/mol. The SMILES string of the molecule is Nc1ccc(C2(c3ccno3)CC2)cc1. The van der Waals surface area contributed by atoms with Gasteiger partial charge in [0.25, 0.3) is 0 Å². The Kier molecular flexibility index (Phi) is 1.63. The summed E-state index contributed by atoms with van der Waals surface area (Å²) in [5.41, 5.74) is 7.82. The van der Waals surface area contributed by atoms with Gasteiger partial charge in [0.2, 0.25) is 0 Å². The standard InChI is InChI=1S/C12H12N2O/c13-10-3-1-9(2-4-10)12(6-7-12)11-5-8-14-15-11/h1-5,8H,6-7,13H2. The Balaban J connectivity index is 2.04. The first kappa shape index (κ1) is 8.53. The van der Waals surface area contributed by atoms with Gasteiger partial charge in [0.15, 0.2) is 0 Å². The molecule has 2 aromatic rings. The summed E-state index contributed by atoms with van der Waals surface area (Å²) in [5, 5.41) is 3.77. The van der Waals surface area contributed by atoms with E-state index < -0.39 is 0 Å². The molecule has 1 aliphatic rings. The number of hydrogen-bond acceptors (Lipinski definition) is 3. The van der Waals surface area contributed by atoms with Gasteiger partial charge in [-0.05, 0) is 30.5 Å². The van der Waals surface area contributed by atoms with E-state index in [-0.39, 0.29) is 5.41 Å². The van der Waals surface area contributed by atoms with Gasteiger partial charge in [0.1, 0.15) is 5.76 Å². The van der Waals surface area contributed by atoms with Crippen molar-refractivity contribution < 1.29 is 4.52 Å².